The lowest BCUT2D eigenvalue weighted by molar-refractivity contribution is -0.385. The van der Waals surface area contributed by atoms with Crippen LogP contribution in [0.4, 0.5) is 5.69 Å². The Kier molecular flexibility index (Phi) is 4.19. The summed E-state index contributed by atoms with van der Waals surface area (Å²) < 4.78 is 0. The maximum Gasteiger partial charge on any atom is 0.282 e. The van der Waals surface area contributed by atoms with Crippen molar-refractivity contribution in [1.82, 2.24) is 10.6 Å². The van der Waals surface area contributed by atoms with Gasteiger partial charge in [-0.05, 0) is 18.6 Å². The van der Waals surface area contributed by atoms with E-state index in [9.17, 15) is 19.7 Å². The predicted octanol–water partition coefficient (Wildman–Crippen LogP) is 1.26. The van der Waals surface area contributed by atoms with Crippen LogP contribution in [0.3, 0.4) is 0 Å². The van der Waals surface area contributed by atoms with Crippen LogP contribution in [-0.2, 0) is 4.79 Å². The Balaban J connectivity index is 2.14. The van der Waals surface area contributed by atoms with Gasteiger partial charge in [0.25, 0.3) is 11.6 Å². The summed E-state index contributed by atoms with van der Waals surface area (Å²) in [5.74, 6) is -0.635. The van der Waals surface area contributed by atoms with Gasteiger partial charge in [-0.3, -0.25) is 19.7 Å². The number of benzene rings is 1. The third-order valence-electron chi connectivity index (χ3n) is 3.00. The average molecular weight is 298 g/mol. The third kappa shape index (κ3) is 3.24. The summed E-state index contributed by atoms with van der Waals surface area (Å²) in [5, 5.41) is 16.4. The minimum absolute atomic E-state index is 0.0655. The first-order valence-electron chi connectivity index (χ1n) is 5.99. The molecule has 106 valence electrons. The van der Waals surface area contributed by atoms with Crippen LogP contribution < -0.4 is 10.6 Å². The summed E-state index contributed by atoms with van der Waals surface area (Å²) in [7, 11) is 0. The number of hydrogen-bond donors (Lipinski definition) is 2. The van der Waals surface area contributed by atoms with Gasteiger partial charge in [0.15, 0.2) is 0 Å². The molecule has 2 rings (SSSR count). The molecule has 1 saturated heterocycles. The van der Waals surface area contributed by atoms with Crippen molar-refractivity contribution in [2.75, 3.05) is 6.54 Å². The van der Waals surface area contributed by atoms with E-state index in [1.165, 1.54) is 18.2 Å². The lowest BCUT2D eigenvalue weighted by Gasteiger charge is -2.23. The number of nitrogens with one attached hydrogen (secondary N) is 2. The topological polar surface area (TPSA) is 101 Å². The van der Waals surface area contributed by atoms with Gasteiger partial charge in [-0.2, -0.15) is 0 Å². The van der Waals surface area contributed by atoms with Gasteiger partial charge in [-0.25, -0.2) is 0 Å². The first-order valence-corrected chi connectivity index (χ1v) is 6.36. The quantitative estimate of drug-likeness (QED) is 0.647. The Morgan fingerprint density at radius 1 is 1.50 bits per heavy atom. The Labute approximate surface area is 119 Å². The molecule has 2 N–H and O–H groups in total. The number of nitro benzene ring substituents is 1. The minimum atomic E-state index is -0.631. The van der Waals surface area contributed by atoms with Gasteiger partial charge in [0.05, 0.1) is 4.92 Å². The predicted molar refractivity (Wildman–Crippen MR) is 71.6 cm³/mol. The number of carbonyl (C=O) groups excluding carboxylic acids is 2. The molecule has 7 nitrogen and oxygen atoms in total. The van der Waals surface area contributed by atoms with E-state index in [0.717, 1.165) is 0 Å². The molecule has 1 unspecified atom stereocenters. The van der Waals surface area contributed by atoms with Crippen molar-refractivity contribution >= 4 is 29.1 Å². The van der Waals surface area contributed by atoms with Gasteiger partial charge < -0.3 is 10.6 Å². The highest BCUT2D eigenvalue weighted by molar-refractivity contribution is 6.31. The normalized spacial score (nSPS) is 18.2. The molecule has 0 aromatic heterocycles. The molecule has 1 atom stereocenters. The Hall–Kier alpha value is -2.15. The second-order valence-corrected chi connectivity index (χ2v) is 4.87. The number of amides is 2. The summed E-state index contributed by atoms with van der Waals surface area (Å²) >= 11 is 5.77. The van der Waals surface area contributed by atoms with E-state index >= 15 is 0 Å². The number of hydrogen-bond acceptors (Lipinski definition) is 4. The average Bonchev–Trinajstić information content (AvgIpc) is 2.41. The number of piperidine rings is 1. The first-order chi connectivity index (χ1) is 9.47. The van der Waals surface area contributed by atoms with Crippen LogP contribution in [0, 0.1) is 10.1 Å². The van der Waals surface area contributed by atoms with Crippen molar-refractivity contribution in [3.63, 3.8) is 0 Å². The highest BCUT2D eigenvalue weighted by Crippen LogP contribution is 2.22. The third-order valence-corrected chi connectivity index (χ3v) is 3.24. The number of halogens is 1. The number of nitrogens with zero attached hydrogens (tertiary/aromatic N) is 1. The van der Waals surface area contributed by atoms with Gasteiger partial charge in [-0.15, -0.1) is 0 Å². The highest BCUT2D eigenvalue weighted by atomic mass is 35.5. The standard InChI is InChI=1S/C12H12ClN3O4/c13-7-1-3-10(16(19)20)9(5-7)12(18)15-8-2-4-11(17)14-6-8/h1,3,5,8H,2,4,6H2,(H,14,17)(H,15,18). The van der Waals surface area contributed by atoms with E-state index in [1.807, 2.05) is 0 Å². The molecule has 0 spiro atoms. The maximum atomic E-state index is 12.1. The van der Waals surface area contributed by atoms with E-state index in [0.29, 0.717) is 19.4 Å². The Morgan fingerprint density at radius 2 is 2.25 bits per heavy atom. The van der Waals surface area contributed by atoms with Crippen molar-refractivity contribution in [3.8, 4) is 0 Å². The fourth-order valence-electron chi connectivity index (χ4n) is 1.97. The molecule has 1 aromatic rings. The molecular formula is C12H12ClN3O4. The smallest absolute Gasteiger partial charge is 0.282 e. The fraction of sp³-hybridized carbons (Fsp3) is 0.333. The van der Waals surface area contributed by atoms with Crippen LogP contribution in [0.25, 0.3) is 0 Å². The van der Waals surface area contributed by atoms with Gasteiger partial charge in [0.2, 0.25) is 5.91 Å². The van der Waals surface area contributed by atoms with Crippen molar-refractivity contribution in [2.24, 2.45) is 0 Å². The number of rotatable bonds is 3. The zero-order chi connectivity index (χ0) is 14.7. The summed E-state index contributed by atoms with van der Waals surface area (Å²) in [4.78, 5) is 33.4. The van der Waals surface area contributed by atoms with Crippen LogP contribution in [0.5, 0.6) is 0 Å². The Morgan fingerprint density at radius 3 is 2.85 bits per heavy atom. The first kappa shape index (κ1) is 14.3. The fourth-order valence-corrected chi connectivity index (χ4v) is 2.14. The van der Waals surface area contributed by atoms with Crippen LogP contribution in [0.2, 0.25) is 5.02 Å². The monoisotopic (exact) mass is 297 g/mol. The number of carbonyl (C=O) groups is 2. The molecule has 1 fully saturated rings. The number of nitro groups is 1. The van der Waals surface area contributed by atoms with Gasteiger partial charge in [-0.1, -0.05) is 11.6 Å². The summed E-state index contributed by atoms with van der Waals surface area (Å²) in [6, 6.07) is 3.58. The van der Waals surface area contributed by atoms with Crippen LogP contribution in [0.15, 0.2) is 18.2 Å². The van der Waals surface area contributed by atoms with E-state index in [-0.39, 0.29) is 28.2 Å². The van der Waals surface area contributed by atoms with E-state index in [2.05, 4.69) is 10.6 Å². The summed E-state index contributed by atoms with van der Waals surface area (Å²) in [6.07, 6.45) is 0.828. The zero-order valence-corrected chi connectivity index (χ0v) is 11.1. The van der Waals surface area contributed by atoms with Crippen molar-refractivity contribution in [1.29, 1.82) is 0 Å². The van der Waals surface area contributed by atoms with Crippen molar-refractivity contribution in [2.45, 2.75) is 18.9 Å². The molecule has 20 heavy (non-hydrogen) atoms. The molecule has 0 saturated carbocycles. The second kappa shape index (κ2) is 5.87. The van der Waals surface area contributed by atoms with Gasteiger partial charge in [0, 0.05) is 30.1 Å². The van der Waals surface area contributed by atoms with E-state index < -0.39 is 10.8 Å². The van der Waals surface area contributed by atoms with Crippen LogP contribution >= 0.6 is 11.6 Å². The SMILES string of the molecule is O=C1CCC(NC(=O)c2cc(Cl)ccc2[N+](=O)[O-])CN1. The van der Waals surface area contributed by atoms with Gasteiger partial charge >= 0.3 is 0 Å². The Bertz CT molecular complexity index is 566. The molecule has 0 aliphatic carbocycles. The molecule has 2 amide bonds. The molecule has 1 heterocycles. The lowest BCUT2D eigenvalue weighted by atomic mass is 10.1. The molecule has 1 aliphatic heterocycles. The lowest BCUT2D eigenvalue weighted by Crippen LogP contribution is -2.47. The minimum Gasteiger partial charge on any atom is -0.354 e. The van der Waals surface area contributed by atoms with Gasteiger partial charge in [0.1, 0.15) is 5.56 Å². The zero-order valence-electron chi connectivity index (χ0n) is 10.4. The second-order valence-electron chi connectivity index (χ2n) is 4.43. The molecule has 8 heteroatoms. The largest absolute Gasteiger partial charge is 0.354 e. The summed E-state index contributed by atoms with van der Waals surface area (Å²) in [6.45, 7) is 0.318. The molecule has 1 aliphatic rings. The summed E-state index contributed by atoms with van der Waals surface area (Å²) in [5.41, 5.74) is -0.383. The molecule has 0 radical (unpaired) electrons. The highest BCUT2D eigenvalue weighted by Gasteiger charge is 2.24. The van der Waals surface area contributed by atoms with E-state index in [1.54, 1.807) is 0 Å². The van der Waals surface area contributed by atoms with Crippen molar-refractivity contribution < 1.29 is 14.5 Å². The van der Waals surface area contributed by atoms with Crippen LogP contribution in [0.1, 0.15) is 23.2 Å². The molecule has 0 bridgehead atoms. The van der Waals surface area contributed by atoms with Crippen molar-refractivity contribution in [3.05, 3.63) is 38.9 Å². The van der Waals surface area contributed by atoms with E-state index in [4.69, 9.17) is 11.6 Å². The molecule has 1 aromatic carbocycles. The maximum absolute atomic E-state index is 12.1. The molecular weight excluding hydrogens is 286 g/mol. The van der Waals surface area contributed by atoms with Crippen LogP contribution in [-0.4, -0.2) is 29.3 Å².